The Morgan fingerprint density at radius 2 is 2.24 bits per heavy atom. The lowest BCUT2D eigenvalue weighted by atomic mass is 9.91. The van der Waals surface area contributed by atoms with Crippen molar-refractivity contribution in [1.82, 2.24) is 4.98 Å². The van der Waals surface area contributed by atoms with Crippen molar-refractivity contribution >= 4 is 44.9 Å². The van der Waals surface area contributed by atoms with Gasteiger partial charge in [-0.05, 0) is 47.7 Å². The van der Waals surface area contributed by atoms with Gasteiger partial charge in [0.1, 0.15) is 5.82 Å². The predicted molar refractivity (Wildman–Crippen MR) is 77.3 cm³/mol. The first kappa shape index (κ1) is 13.4. The standard InChI is InChI=1S/C12H15BrCl2N2/c13-11-7-9(15)8-16-12(11)17(6-2-5-14)10-3-1-4-10/h7-8,10H,1-6H2. The van der Waals surface area contributed by atoms with E-state index in [1.165, 1.54) is 19.3 Å². The van der Waals surface area contributed by atoms with Crippen molar-refractivity contribution < 1.29 is 0 Å². The molecule has 2 rings (SSSR count). The third-order valence-electron chi connectivity index (χ3n) is 3.11. The Bertz CT molecular complexity index is 383. The van der Waals surface area contributed by atoms with Gasteiger partial charge in [0.25, 0.3) is 0 Å². The summed E-state index contributed by atoms with van der Waals surface area (Å²) in [7, 11) is 0. The average Bonchev–Trinajstić information content (AvgIpc) is 2.22. The molecule has 0 amide bonds. The molecule has 1 aliphatic carbocycles. The number of hydrogen-bond donors (Lipinski definition) is 0. The second-order valence-corrected chi connectivity index (χ2v) is 5.95. The highest BCUT2D eigenvalue weighted by atomic mass is 79.9. The highest BCUT2D eigenvalue weighted by molar-refractivity contribution is 9.10. The molecule has 1 aliphatic rings. The minimum Gasteiger partial charge on any atom is -0.353 e. The van der Waals surface area contributed by atoms with E-state index in [0.717, 1.165) is 23.3 Å². The second-order valence-electron chi connectivity index (χ2n) is 4.28. The predicted octanol–water partition coefficient (Wildman–Crippen LogP) is 4.49. The van der Waals surface area contributed by atoms with Crippen LogP contribution in [-0.4, -0.2) is 23.5 Å². The van der Waals surface area contributed by atoms with Gasteiger partial charge in [-0.3, -0.25) is 0 Å². The summed E-state index contributed by atoms with van der Waals surface area (Å²) in [6, 6.07) is 2.51. The van der Waals surface area contributed by atoms with Gasteiger partial charge in [-0.1, -0.05) is 11.6 Å². The lowest BCUT2D eigenvalue weighted by molar-refractivity contribution is 0.383. The number of pyridine rings is 1. The maximum absolute atomic E-state index is 5.92. The van der Waals surface area contributed by atoms with Crippen molar-refractivity contribution in [3.8, 4) is 0 Å². The monoisotopic (exact) mass is 336 g/mol. The minimum atomic E-state index is 0.614. The third-order valence-corrected chi connectivity index (χ3v) is 4.17. The van der Waals surface area contributed by atoms with E-state index in [2.05, 4.69) is 25.8 Å². The molecule has 0 N–H and O–H groups in total. The SMILES string of the molecule is ClCCCN(c1ncc(Cl)cc1Br)C1CCC1. The largest absolute Gasteiger partial charge is 0.353 e. The van der Waals surface area contributed by atoms with Gasteiger partial charge in [0, 0.05) is 24.7 Å². The van der Waals surface area contributed by atoms with Crippen molar-refractivity contribution in [1.29, 1.82) is 0 Å². The van der Waals surface area contributed by atoms with E-state index < -0.39 is 0 Å². The van der Waals surface area contributed by atoms with E-state index >= 15 is 0 Å². The van der Waals surface area contributed by atoms with E-state index in [9.17, 15) is 0 Å². The molecule has 5 heteroatoms. The van der Waals surface area contributed by atoms with Crippen LogP contribution < -0.4 is 4.90 Å². The fourth-order valence-corrected chi connectivity index (χ4v) is 2.99. The summed E-state index contributed by atoms with van der Waals surface area (Å²) in [4.78, 5) is 6.79. The van der Waals surface area contributed by atoms with Crippen molar-refractivity contribution in [2.75, 3.05) is 17.3 Å². The molecule has 1 aromatic heterocycles. The molecule has 0 spiro atoms. The first-order valence-corrected chi connectivity index (χ1v) is 7.56. The zero-order valence-corrected chi connectivity index (χ0v) is 12.6. The van der Waals surface area contributed by atoms with E-state index in [-0.39, 0.29) is 0 Å². The van der Waals surface area contributed by atoms with Crippen molar-refractivity contribution in [3.05, 3.63) is 21.8 Å². The zero-order valence-electron chi connectivity index (χ0n) is 9.50. The van der Waals surface area contributed by atoms with Gasteiger partial charge in [-0.2, -0.15) is 0 Å². The number of halogens is 3. The molecule has 0 radical (unpaired) electrons. The third kappa shape index (κ3) is 3.27. The number of aromatic nitrogens is 1. The Balaban J connectivity index is 2.17. The van der Waals surface area contributed by atoms with E-state index in [1.807, 2.05) is 6.07 Å². The maximum atomic E-state index is 5.92. The molecule has 0 atom stereocenters. The number of anilines is 1. The Morgan fingerprint density at radius 1 is 1.47 bits per heavy atom. The Morgan fingerprint density at radius 3 is 2.76 bits per heavy atom. The minimum absolute atomic E-state index is 0.614. The topological polar surface area (TPSA) is 16.1 Å². The van der Waals surface area contributed by atoms with Crippen molar-refractivity contribution in [2.24, 2.45) is 0 Å². The second kappa shape index (κ2) is 6.26. The lowest BCUT2D eigenvalue weighted by Gasteiger charge is -2.38. The molecular weight excluding hydrogens is 323 g/mol. The molecule has 0 saturated heterocycles. The Hall–Kier alpha value is 0.01000. The van der Waals surface area contributed by atoms with Gasteiger partial charge < -0.3 is 4.90 Å². The molecule has 1 saturated carbocycles. The van der Waals surface area contributed by atoms with E-state index in [1.54, 1.807) is 6.20 Å². The van der Waals surface area contributed by atoms with Gasteiger partial charge in [0.05, 0.1) is 9.50 Å². The van der Waals surface area contributed by atoms with Gasteiger partial charge in [0.15, 0.2) is 0 Å². The smallest absolute Gasteiger partial charge is 0.143 e. The quantitative estimate of drug-likeness (QED) is 0.736. The summed E-state index contributed by atoms with van der Waals surface area (Å²) in [5.74, 6) is 1.68. The molecule has 0 aliphatic heterocycles. The van der Waals surface area contributed by atoms with Crippen LogP contribution in [-0.2, 0) is 0 Å². The molecule has 1 aromatic rings. The maximum Gasteiger partial charge on any atom is 0.143 e. The summed E-state index contributed by atoms with van der Waals surface area (Å²) in [6.45, 7) is 0.960. The molecule has 17 heavy (non-hydrogen) atoms. The highest BCUT2D eigenvalue weighted by Crippen LogP contribution is 2.33. The van der Waals surface area contributed by atoms with Crippen LogP contribution in [0.15, 0.2) is 16.7 Å². The molecular formula is C12H15BrCl2N2. The van der Waals surface area contributed by atoms with Crippen LogP contribution in [0.25, 0.3) is 0 Å². The molecule has 1 heterocycles. The van der Waals surface area contributed by atoms with Crippen LogP contribution in [0, 0.1) is 0 Å². The lowest BCUT2D eigenvalue weighted by Crippen LogP contribution is -2.41. The van der Waals surface area contributed by atoms with Crippen LogP contribution in [0.1, 0.15) is 25.7 Å². The molecule has 2 nitrogen and oxygen atoms in total. The number of hydrogen-bond acceptors (Lipinski definition) is 2. The summed E-state index contributed by atoms with van der Waals surface area (Å²) in [6.07, 6.45) is 6.49. The summed E-state index contributed by atoms with van der Waals surface area (Å²) < 4.78 is 0.964. The number of nitrogens with zero attached hydrogens (tertiary/aromatic N) is 2. The molecule has 0 unspecified atom stereocenters. The van der Waals surface area contributed by atoms with Crippen molar-refractivity contribution in [2.45, 2.75) is 31.7 Å². The zero-order chi connectivity index (χ0) is 12.3. The molecule has 0 aromatic carbocycles. The van der Waals surface area contributed by atoms with Gasteiger partial charge in [0.2, 0.25) is 0 Å². The van der Waals surface area contributed by atoms with Gasteiger partial charge in [-0.15, -0.1) is 11.6 Å². The fraction of sp³-hybridized carbons (Fsp3) is 0.583. The Kier molecular flexibility index (Phi) is 4.95. The first-order chi connectivity index (χ1) is 8.22. The highest BCUT2D eigenvalue weighted by Gasteiger charge is 2.26. The normalized spacial score (nSPS) is 15.7. The van der Waals surface area contributed by atoms with E-state index in [4.69, 9.17) is 23.2 Å². The average molecular weight is 338 g/mol. The van der Waals surface area contributed by atoms with Crippen LogP contribution in [0.2, 0.25) is 5.02 Å². The van der Waals surface area contributed by atoms with Crippen LogP contribution in [0.5, 0.6) is 0 Å². The molecule has 94 valence electrons. The van der Waals surface area contributed by atoms with Crippen LogP contribution in [0.4, 0.5) is 5.82 Å². The van der Waals surface area contributed by atoms with Crippen LogP contribution >= 0.6 is 39.1 Å². The van der Waals surface area contributed by atoms with Gasteiger partial charge >= 0.3 is 0 Å². The molecule has 0 bridgehead atoms. The fourth-order valence-electron chi connectivity index (χ4n) is 2.01. The van der Waals surface area contributed by atoms with Crippen LogP contribution in [0.3, 0.4) is 0 Å². The summed E-state index contributed by atoms with van der Waals surface area (Å²) >= 11 is 15.2. The van der Waals surface area contributed by atoms with E-state index in [0.29, 0.717) is 16.9 Å². The summed E-state index contributed by atoms with van der Waals surface area (Å²) in [5.41, 5.74) is 0. The Labute approximate surface area is 120 Å². The first-order valence-electron chi connectivity index (χ1n) is 5.86. The summed E-state index contributed by atoms with van der Waals surface area (Å²) in [5, 5.41) is 0.659. The molecule has 1 fully saturated rings. The van der Waals surface area contributed by atoms with Crippen molar-refractivity contribution in [3.63, 3.8) is 0 Å². The van der Waals surface area contributed by atoms with Gasteiger partial charge in [-0.25, -0.2) is 4.98 Å². The number of rotatable bonds is 5. The number of alkyl halides is 1.